The lowest BCUT2D eigenvalue weighted by Crippen LogP contribution is -1.94. The highest BCUT2D eigenvalue weighted by molar-refractivity contribution is 6.33. The summed E-state index contributed by atoms with van der Waals surface area (Å²) in [5.74, 6) is -1.75. The van der Waals surface area contributed by atoms with Gasteiger partial charge in [-0.15, -0.1) is 0 Å². The molecule has 0 aliphatic rings. The van der Waals surface area contributed by atoms with Gasteiger partial charge >= 0.3 is 0 Å². The Morgan fingerprint density at radius 3 is 2.38 bits per heavy atom. The molecule has 1 aromatic carbocycles. The van der Waals surface area contributed by atoms with Crippen molar-refractivity contribution in [1.29, 1.82) is 0 Å². The van der Waals surface area contributed by atoms with Crippen molar-refractivity contribution in [3.05, 3.63) is 41.2 Å². The van der Waals surface area contributed by atoms with Crippen molar-refractivity contribution in [2.45, 2.75) is 0 Å². The topological polar surface area (TPSA) is 51.8 Å². The third kappa shape index (κ3) is 1.94. The molecule has 0 amide bonds. The Bertz CT molecular complexity index is 528. The van der Waals surface area contributed by atoms with Crippen molar-refractivity contribution in [2.24, 2.45) is 0 Å². The molecule has 1 heterocycles. The van der Waals surface area contributed by atoms with Gasteiger partial charge in [-0.25, -0.2) is 13.8 Å². The zero-order chi connectivity index (χ0) is 11.7. The number of halogens is 3. The quantitative estimate of drug-likeness (QED) is 0.781. The molecule has 82 valence electrons. The van der Waals surface area contributed by atoms with Gasteiger partial charge in [0, 0.05) is 5.56 Å². The molecule has 2 aromatic rings. The Morgan fingerprint density at radius 2 is 1.75 bits per heavy atom. The molecular weight excluding hydrogens is 236 g/mol. The first-order chi connectivity index (χ1) is 7.58. The molecule has 0 spiro atoms. The van der Waals surface area contributed by atoms with E-state index < -0.39 is 11.6 Å². The zero-order valence-corrected chi connectivity index (χ0v) is 8.67. The molecule has 0 bridgehead atoms. The summed E-state index contributed by atoms with van der Waals surface area (Å²) in [4.78, 5) is 7.71. The summed E-state index contributed by atoms with van der Waals surface area (Å²) in [5, 5.41) is 0.0676. The smallest absolute Gasteiger partial charge is 0.160 e. The first-order valence-electron chi connectivity index (χ1n) is 4.30. The molecule has 0 atom stereocenters. The Morgan fingerprint density at radius 1 is 1.06 bits per heavy atom. The second-order valence-electron chi connectivity index (χ2n) is 3.07. The van der Waals surface area contributed by atoms with Gasteiger partial charge in [0.05, 0.1) is 23.1 Å². The highest BCUT2D eigenvalue weighted by Gasteiger charge is 2.11. The van der Waals surface area contributed by atoms with Crippen LogP contribution in [0.25, 0.3) is 11.3 Å². The summed E-state index contributed by atoms with van der Waals surface area (Å²) in [7, 11) is 0. The number of nitrogens with two attached hydrogens (primary N) is 1. The predicted octanol–water partition coefficient (Wildman–Crippen LogP) is 2.66. The Hall–Kier alpha value is -1.75. The third-order valence-electron chi connectivity index (χ3n) is 1.96. The Labute approximate surface area is 94.9 Å². The van der Waals surface area contributed by atoms with Crippen LogP contribution in [0.4, 0.5) is 14.6 Å². The van der Waals surface area contributed by atoms with E-state index in [9.17, 15) is 8.78 Å². The van der Waals surface area contributed by atoms with Crippen molar-refractivity contribution in [3.8, 4) is 11.3 Å². The SMILES string of the molecule is Nc1cnc(-c2cc(F)c(F)cc2Cl)cn1. The number of nitrogens with zero attached hydrogens (tertiary/aromatic N) is 2. The van der Waals surface area contributed by atoms with Gasteiger partial charge in [-0.3, -0.25) is 4.98 Å². The molecule has 0 fully saturated rings. The summed E-state index contributed by atoms with van der Waals surface area (Å²) in [6.07, 6.45) is 2.65. The van der Waals surface area contributed by atoms with Crippen LogP contribution >= 0.6 is 11.6 Å². The van der Waals surface area contributed by atoms with Crippen LogP contribution in [0.1, 0.15) is 0 Å². The van der Waals surface area contributed by atoms with E-state index in [0.29, 0.717) is 5.69 Å². The van der Waals surface area contributed by atoms with Crippen LogP contribution in [0.2, 0.25) is 5.02 Å². The van der Waals surface area contributed by atoms with Crippen molar-refractivity contribution >= 4 is 17.4 Å². The summed E-state index contributed by atoms with van der Waals surface area (Å²) < 4.78 is 25.8. The number of rotatable bonds is 1. The molecule has 16 heavy (non-hydrogen) atoms. The van der Waals surface area contributed by atoms with E-state index in [2.05, 4.69) is 9.97 Å². The van der Waals surface area contributed by atoms with Gasteiger partial charge in [-0.05, 0) is 12.1 Å². The monoisotopic (exact) mass is 241 g/mol. The lowest BCUT2D eigenvalue weighted by atomic mass is 10.1. The van der Waals surface area contributed by atoms with Crippen LogP contribution < -0.4 is 5.73 Å². The number of aromatic nitrogens is 2. The highest BCUT2D eigenvalue weighted by atomic mass is 35.5. The van der Waals surface area contributed by atoms with Crippen molar-refractivity contribution in [1.82, 2.24) is 9.97 Å². The lowest BCUT2D eigenvalue weighted by molar-refractivity contribution is 0.509. The molecule has 0 aliphatic heterocycles. The maximum atomic E-state index is 13.0. The van der Waals surface area contributed by atoms with E-state index in [4.69, 9.17) is 17.3 Å². The largest absolute Gasteiger partial charge is 0.382 e. The lowest BCUT2D eigenvalue weighted by Gasteiger charge is -2.04. The molecule has 3 nitrogen and oxygen atoms in total. The number of benzene rings is 1. The normalized spacial score (nSPS) is 10.4. The van der Waals surface area contributed by atoms with E-state index in [-0.39, 0.29) is 16.4 Å². The number of hydrogen-bond acceptors (Lipinski definition) is 3. The molecule has 2 rings (SSSR count). The minimum Gasteiger partial charge on any atom is -0.382 e. The van der Waals surface area contributed by atoms with Crippen molar-refractivity contribution < 1.29 is 8.78 Å². The fourth-order valence-corrected chi connectivity index (χ4v) is 1.44. The van der Waals surface area contributed by atoms with Crippen molar-refractivity contribution in [3.63, 3.8) is 0 Å². The van der Waals surface area contributed by atoms with E-state index >= 15 is 0 Å². The molecule has 0 saturated heterocycles. The van der Waals surface area contributed by atoms with Gasteiger partial charge in [-0.1, -0.05) is 11.6 Å². The van der Waals surface area contributed by atoms with Gasteiger partial charge < -0.3 is 5.73 Å². The maximum Gasteiger partial charge on any atom is 0.160 e. The van der Waals surface area contributed by atoms with Gasteiger partial charge in [0.1, 0.15) is 5.82 Å². The molecule has 0 saturated carbocycles. The summed E-state index contributed by atoms with van der Waals surface area (Å²) in [5.41, 5.74) is 5.96. The zero-order valence-electron chi connectivity index (χ0n) is 7.92. The first-order valence-corrected chi connectivity index (χ1v) is 4.68. The maximum absolute atomic E-state index is 13.0. The third-order valence-corrected chi connectivity index (χ3v) is 2.27. The van der Waals surface area contributed by atoms with Crippen molar-refractivity contribution in [2.75, 3.05) is 5.73 Å². The molecule has 0 radical (unpaired) electrons. The average molecular weight is 242 g/mol. The standard InChI is InChI=1S/C10H6ClF2N3/c11-6-2-8(13)7(12)1-5(6)9-3-16-10(14)4-15-9/h1-4H,(H2,14,16). The molecule has 0 aliphatic carbocycles. The first kappa shape index (κ1) is 10.8. The Kier molecular flexibility index (Phi) is 2.70. The Balaban J connectivity index is 2.56. The average Bonchev–Trinajstić information content (AvgIpc) is 2.25. The summed E-state index contributed by atoms with van der Waals surface area (Å²) in [6.45, 7) is 0. The number of nitrogen functional groups attached to an aromatic ring is 1. The van der Waals surface area contributed by atoms with E-state index in [0.717, 1.165) is 12.1 Å². The van der Waals surface area contributed by atoms with Gasteiger partial charge in [0.25, 0.3) is 0 Å². The minimum absolute atomic E-state index is 0.0676. The van der Waals surface area contributed by atoms with Crippen LogP contribution in [0.15, 0.2) is 24.5 Å². The van der Waals surface area contributed by atoms with E-state index in [1.807, 2.05) is 0 Å². The van der Waals surface area contributed by atoms with E-state index in [1.54, 1.807) is 0 Å². The minimum atomic E-state index is -1.00. The molecule has 2 N–H and O–H groups in total. The van der Waals surface area contributed by atoms with Gasteiger partial charge in [0.15, 0.2) is 11.6 Å². The van der Waals surface area contributed by atoms with Crippen LogP contribution in [-0.4, -0.2) is 9.97 Å². The van der Waals surface area contributed by atoms with Crippen LogP contribution in [0, 0.1) is 11.6 Å². The summed E-state index contributed by atoms with van der Waals surface area (Å²) >= 11 is 5.77. The molecule has 6 heteroatoms. The fraction of sp³-hybridized carbons (Fsp3) is 0. The van der Waals surface area contributed by atoms with Crippen LogP contribution in [0.3, 0.4) is 0 Å². The second-order valence-corrected chi connectivity index (χ2v) is 3.48. The van der Waals surface area contributed by atoms with Crippen LogP contribution in [-0.2, 0) is 0 Å². The van der Waals surface area contributed by atoms with E-state index in [1.165, 1.54) is 12.4 Å². The molecular formula is C10H6ClF2N3. The highest BCUT2D eigenvalue weighted by Crippen LogP contribution is 2.28. The molecule has 1 aromatic heterocycles. The van der Waals surface area contributed by atoms with Crippen LogP contribution in [0.5, 0.6) is 0 Å². The summed E-state index contributed by atoms with van der Waals surface area (Å²) in [6, 6.07) is 1.86. The van der Waals surface area contributed by atoms with Gasteiger partial charge in [-0.2, -0.15) is 0 Å². The molecule has 0 unspecified atom stereocenters. The number of hydrogen-bond donors (Lipinski definition) is 1. The second kappa shape index (κ2) is 4.02. The number of anilines is 1. The predicted molar refractivity (Wildman–Crippen MR) is 56.8 cm³/mol. The fourth-order valence-electron chi connectivity index (χ4n) is 1.20. The van der Waals surface area contributed by atoms with Gasteiger partial charge in [0.2, 0.25) is 0 Å².